The molecule has 2 aromatic carbocycles. The number of nitrogens with zero attached hydrogens (tertiary/aromatic N) is 1. The van der Waals surface area contributed by atoms with E-state index in [1.54, 1.807) is 4.90 Å². The lowest BCUT2D eigenvalue weighted by atomic mass is 10.2. The van der Waals surface area contributed by atoms with Gasteiger partial charge in [-0.05, 0) is 60.6 Å². The third-order valence-electron chi connectivity index (χ3n) is 3.97. The van der Waals surface area contributed by atoms with Gasteiger partial charge in [-0.25, -0.2) is 4.79 Å². The van der Waals surface area contributed by atoms with Crippen molar-refractivity contribution in [1.82, 2.24) is 4.98 Å². The van der Waals surface area contributed by atoms with E-state index in [-0.39, 0.29) is 5.92 Å². The van der Waals surface area contributed by atoms with Gasteiger partial charge in [-0.1, -0.05) is 13.8 Å². The number of H-pyrrole nitrogens is 1. The molecule has 0 fully saturated rings. The van der Waals surface area contributed by atoms with E-state index in [9.17, 15) is 18.0 Å². The minimum Gasteiger partial charge on any atom is -0.337 e. The highest BCUT2D eigenvalue weighted by molar-refractivity contribution is 7.73. The Bertz CT molecular complexity index is 1040. The summed E-state index contributed by atoms with van der Waals surface area (Å²) in [5.74, 6) is 0.193. The summed E-state index contributed by atoms with van der Waals surface area (Å²) in [7, 11) is 0. The van der Waals surface area contributed by atoms with Crippen LogP contribution in [0.1, 0.15) is 19.4 Å². The second-order valence-corrected chi connectivity index (χ2v) is 8.42. The maximum atomic E-state index is 12.8. The molecule has 0 spiro atoms. The van der Waals surface area contributed by atoms with Crippen LogP contribution in [0.15, 0.2) is 42.5 Å². The minimum atomic E-state index is -4.41. The van der Waals surface area contributed by atoms with E-state index in [0.29, 0.717) is 21.9 Å². The Morgan fingerprint density at radius 3 is 2.50 bits per heavy atom. The lowest BCUT2D eigenvalue weighted by Crippen LogP contribution is -2.37. The van der Waals surface area contributed by atoms with Crippen molar-refractivity contribution in [3.63, 3.8) is 0 Å². The van der Waals surface area contributed by atoms with Crippen LogP contribution in [0, 0.1) is 9.87 Å². The topological polar surface area (TPSA) is 48.1 Å². The highest BCUT2D eigenvalue weighted by Gasteiger charge is 2.30. The maximum absolute atomic E-state index is 12.8. The molecule has 3 aromatic rings. The molecule has 0 unspecified atom stereocenters. The van der Waals surface area contributed by atoms with Gasteiger partial charge in [0, 0.05) is 17.9 Å². The molecule has 1 heterocycles. The minimum absolute atomic E-state index is 0.193. The molecule has 0 atom stereocenters. The third kappa shape index (κ3) is 4.71. The number of aromatic nitrogens is 1. The summed E-state index contributed by atoms with van der Waals surface area (Å²) in [6, 6.07) is 9.52. The summed E-state index contributed by atoms with van der Waals surface area (Å²) >= 11 is 6.57. The average Bonchev–Trinajstić information content (AvgIpc) is 2.98. The maximum Gasteiger partial charge on any atom is 0.416 e. The summed E-state index contributed by atoms with van der Waals surface area (Å²) < 4.78 is 39.7. The molecule has 2 N–H and O–H groups in total. The van der Waals surface area contributed by atoms with E-state index >= 15 is 0 Å². The monoisotopic (exact) mass is 425 g/mol. The van der Waals surface area contributed by atoms with Crippen LogP contribution in [0.3, 0.4) is 0 Å². The summed E-state index contributed by atoms with van der Waals surface area (Å²) in [6.07, 6.45) is -4.41. The number of fused-ring (bicyclic) bond motifs is 1. The zero-order valence-electron chi connectivity index (χ0n) is 15.1. The van der Waals surface area contributed by atoms with Crippen molar-refractivity contribution in [1.29, 1.82) is 0 Å². The first-order chi connectivity index (χ1) is 13.1. The van der Waals surface area contributed by atoms with E-state index < -0.39 is 17.8 Å². The molecule has 0 aliphatic rings. The van der Waals surface area contributed by atoms with Crippen molar-refractivity contribution >= 4 is 51.2 Å². The first-order valence-corrected chi connectivity index (χ1v) is 9.74. The van der Waals surface area contributed by atoms with Crippen LogP contribution in [0.5, 0.6) is 0 Å². The van der Waals surface area contributed by atoms with E-state index in [2.05, 4.69) is 10.3 Å². The van der Waals surface area contributed by atoms with E-state index in [0.717, 1.165) is 22.3 Å². The number of halogens is 3. The number of thiazole rings is 1. The van der Waals surface area contributed by atoms with Crippen LogP contribution >= 0.6 is 23.6 Å². The van der Waals surface area contributed by atoms with E-state index in [4.69, 9.17) is 12.2 Å². The molecule has 0 radical (unpaired) electrons. The second kappa shape index (κ2) is 7.92. The predicted octanol–water partition coefficient (Wildman–Crippen LogP) is 6.67. The number of hydrogen-bond acceptors (Lipinski definition) is 3. The normalized spacial score (nSPS) is 11.8. The first kappa shape index (κ1) is 20.3. The third-order valence-corrected chi connectivity index (χ3v) is 5.17. The second-order valence-electron chi connectivity index (χ2n) is 6.70. The Balaban J connectivity index is 1.85. The van der Waals surface area contributed by atoms with Gasteiger partial charge in [0.25, 0.3) is 0 Å². The van der Waals surface area contributed by atoms with Crippen LogP contribution in [-0.2, 0) is 6.18 Å². The largest absolute Gasteiger partial charge is 0.416 e. The van der Waals surface area contributed by atoms with Gasteiger partial charge in [-0.2, -0.15) is 13.2 Å². The van der Waals surface area contributed by atoms with Crippen molar-refractivity contribution in [3.8, 4) is 0 Å². The molecule has 9 heteroatoms. The summed E-state index contributed by atoms with van der Waals surface area (Å²) in [5, 5.41) is 2.67. The number of carbonyl (C=O) groups is 1. The number of carbonyl (C=O) groups excluding carboxylic acids is 1. The van der Waals surface area contributed by atoms with Crippen molar-refractivity contribution in [3.05, 3.63) is 52.0 Å². The number of benzene rings is 2. The highest BCUT2D eigenvalue weighted by Crippen LogP contribution is 2.30. The smallest absolute Gasteiger partial charge is 0.337 e. The molecule has 0 aliphatic heterocycles. The average molecular weight is 426 g/mol. The van der Waals surface area contributed by atoms with Crippen molar-refractivity contribution < 1.29 is 18.0 Å². The fourth-order valence-corrected chi connectivity index (χ4v) is 3.85. The Morgan fingerprint density at radius 2 is 1.89 bits per heavy atom. The van der Waals surface area contributed by atoms with Gasteiger partial charge >= 0.3 is 12.2 Å². The molecule has 148 valence electrons. The van der Waals surface area contributed by atoms with E-state index in [1.807, 2.05) is 32.0 Å². The summed E-state index contributed by atoms with van der Waals surface area (Å²) in [6.45, 7) is 4.42. The standard InChI is InChI=1S/C19H18F3N3OS2/c1-11(2)10-25(14-7-8-15-16(9-14)28-18(27)24-15)17(26)23-13-5-3-12(4-6-13)19(20,21)22/h3-9,11H,10H2,1-2H3,(H,23,26)(H,24,27). The van der Waals surface area contributed by atoms with Crippen LogP contribution in [0.2, 0.25) is 0 Å². The number of aromatic amines is 1. The lowest BCUT2D eigenvalue weighted by molar-refractivity contribution is -0.137. The Kier molecular flexibility index (Phi) is 5.76. The highest BCUT2D eigenvalue weighted by atomic mass is 32.1. The number of anilines is 2. The van der Waals surface area contributed by atoms with Gasteiger partial charge in [0.1, 0.15) is 0 Å². The SMILES string of the molecule is CC(C)CN(C(=O)Nc1ccc(C(F)(F)F)cc1)c1ccc2[nH]c(=S)sc2c1. The molecule has 0 saturated heterocycles. The zero-order valence-corrected chi connectivity index (χ0v) is 16.8. The number of amides is 2. The van der Waals surface area contributed by atoms with Crippen molar-refractivity contribution in [2.75, 3.05) is 16.8 Å². The zero-order chi connectivity index (χ0) is 20.5. The van der Waals surface area contributed by atoms with Crippen molar-refractivity contribution in [2.24, 2.45) is 5.92 Å². The summed E-state index contributed by atoms with van der Waals surface area (Å²) in [5.41, 5.74) is 1.12. The van der Waals surface area contributed by atoms with Gasteiger partial charge in [0.15, 0.2) is 3.95 Å². The predicted molar refractivity (Wildman–Crippen MR) is 110 cm³/mol. The Morgan fingerprint density at radius 1 is 1.21 bits per heavy atom. The van der Waals surface area contributed by atoms with E-state index in [1.165, 1.54) is 23.5 Å². The summed E-state index contributed by atoms with van der Waals surface area (Å²) in [4.78, 5) is 17.5. The van der Waals surface area contributed by atoms with Gasteiger partial charge in [0.2, 0.25) is 0 Å². The van der Waals surface area contributed by atoms with Gasteiger partial charge in [0.05, 0.1) is 15.8 Å². The fraction of sp³-hybridized carbons (Fsp3) is 0.263. The molecule has 0 bridgehead atoms. The van der Waals surface area contributed by atoms with Gasteiger partial charge < -0.3 is 10.3 Å². The Labute approximate surface area is 169 Å². The molecule has 28 heavy (non-hydrogen) atoms. The van der Waals surface area contributed by atoms with Gasteiger partial charge in [-0.3, -0.25) is 4.90 Å². The lowest BCUT2D eigenvalue weighted by Gasteiger charge is -2.25. The van der Waals surface area contributed by atoms with Crippen LogP contribution in [-0.4, -0.2) is 17.6 Å². The van der Waals surface area contributed by atoms with Gasteiger partial charge in [-0.15, -0.1) is 11.3 Å². The quantitative estimate of drug-likeness (QED) is 0.459. The number of nitrogens with one attached hydrogen (secondary N) is 2. The molecular formula is C19H18F3N3OS2. The molecule has 0 aliphatic carbocycles. The first-order valence-electron chi connectivity index (χ1n) is 8.52. The molecule has 4 nitrogen and oxygen atoms in total. The number of rotatable bonds is 4. The molecule has 1 aromatic heterocycles. The molecule has 0 saturated carbocycles. The Hall–Kier alpha value is -2.39. The van der Waals surface area contributed by atoms with Crippen LogP contribution in [0.4, 0.5) is 29.3 Å². The fourth-order valence-electron chi connectivity index (χ4n) is 2.71. The number of urea groups is 1. The number of hydrogen-bond donors (Lipinski definition) is 2. The molecule has 2 amide bonds. The van der Waals surface area contributed by atoms with Crippen LogP contribution < -0.4 is 10.2 Å². The van der Waals surface area contributed by atoms with Crippen LogP contribution in [0.25, 0.3) is 10.2 Å². The number of alkyl halides is 3. The molecular weight excluding hydrogens is 407 g/mol. The molecule has 3 rings (SSSR count). The van der Waals surface area contributed by atoms with Crippen molar-refractivity contribution in [2.45, 2.75) is 20.0 Å².